The van der Waals surface area contributed by atoms with Crippen LogP contribution >= 0.6 is 0 Å². The highest BCUT2D eigenvalue weighted by molar-refractivity contribution is 6.06. The van der Waals surface area contributed by atoms with Gasteiger partial charge in [-0.2, -0.15) is 0 Å². The van der Waals surface area contributed by atoms with Gasteiger partial charge in [-0.15, -0.1) is 0 Å². The molecule has 10 heteroatoms. The van der Waals surface area contributed by atoms with Crippen LogP contribution in [-0.2, 0) is 18.9 Å². The highest BCUT2D eigenvalue weighted by Gasteiger charge is 2.56. The molecule has 10 nitrogen and oxygen atoms in total. The maximum atomic E-state index is 12.4. The van der Waals surface area contributed by atoms with Crippen LogP contribution in [0.15, 0.2) is 28.1 Å². The molecular weight excluding hydrogens is 360 g/mol. The van der Waals surface area contributed by atoms with Crippen molar-refractivity contribution < 1.29 is 28.8 Å². The van der Waals surface area contributed by atoms with Crippen LogP contribution in [0.2, 0.25) is 0 Å². The minimum Gasteiger partial charge on any atom is -0.490 e. The van der Waals surface area contributed by atoms with Crippen molar-refractivity contribution in [2.75, 3.05) is 13.2 Å². The standard InChI is InChI=1S/C17H22N2O8/c1-5-24-8(2)11(21)9-6-19(16(23)18-14(9)22)15-13-12(10(7-20)25-15)26-17(3,4)27-13/h6,10,12-13,15,20H,2,5,7H2,1,3-4H3,(H,18,22,23)/t10-,12-,13-,15-/m1/s1. The Balaban J connectivity index is 2.01. The maximum absolute atomic E-state index is 12.4. The molecule has 0 saturated carbocycles. The highest BCUT2D eigenvalue weighted by atomic mass is 16.8. The summed E-state index contributed by atoms with van der Waals surface area (Å²) in [7, 11) is 0. The van der Waals surface area contributed by atoms with Gasteiger partial charge in [0, 0.05) is 6.20 Å². The summed E-state index contributed by atoms with van der Waals surface area (Å²) >= 11 is 0. The Labute approximate surface area is 154 Å². The van der Waals surface area contributed by atoms with E-state index in [-0.39, 0.29) is 24.5 Å². The number of ether oxygens (including phenoxy) is 4. The van der Waals surface area contributed by atoms with Crippen LogP contribution in [0.5, 0.6) is 0 Å². The zero-order valence-electron chi connectivity index (χ0n) is 15.3. The molecule has 3 rings (SSSR count). The molecule has 1 aromatic heterocycles. The molecule has 0 radical (unpaired) electrons. The molecule has 1 aromatic rings. The number of hydrogen-bond donors (Lipinski definition) is 2. The molecule has 3 heterocycles. The van der Waals surface area contributed by atoms with Gasteiger partial charge >= 0.3 is 5.69 Å². The Hall–Kier alpha value is -2.27. The van der Waals surface area contributed by atoms with Crippen LogP contribution in [-0.4, -0.2) is 57.8 Å². The van der Waals surface area contributed by atoms with Crippen molar-refractivity contribution in [2.24, 2.45) is 0 Å². The van der Waals surface area contributed by atoms with Crippen molar-refractivity contribution in [3.63, 3.8) is 0 Å². The smallest absolute Gasteiger partial charge is 0.330 e. The van der Waals surface area contributed by atoms with E-state index in [1.54, 1.807) is 20.8 Å². The van der Waals surface area contributed by atoms with Crippen LogP contribution in [0.25, 0.3) is 0 Å². The number of ketones is 1. The first kappa shape index (κ1) is 19.5. The SMILES string of the molecule is C=C(OCC)C(=O)c1cn([C@@H]2O[C@H](CO)[C@H]3OC(C)(C)O[C@H]32)c(=O)[nH]c1=O. The van der Waals surface area contributed by atoms with Gasteiger partial charge in [0.2, 0.25) is 5.78 Å². The molecule has 2 aliphatic heterocycles. The average molecular weight is 382 g/mol. The molecule has 2 aliphatic rings. The van der Waals surface area contributed by atoms with E-state index in [0.29, 0.717) is 0 Å². The largest absolute Gasteiger partial charge is 0.490 e. The maximum Gasteiger partial charge on any atom is 0.330 e. The number of H-pyrrole nitrogens is 1. The van der Waals surface area contributed by atoms with Gasteiger partial charge in [-0.3, -0.25) is 19.1 Å². The van der Waals surface area contributed by atoms with E-state index >= 15 is 0 Å². The molecule has 0 aliphatic carbocycles. The number of aliphatic hydroxyl groups excluding tert-OH is 1. The van der Waals surface area contributed by atoms with E-state index in [4.69, 9.17) is 18.9 Å². The second kappa shape index (κ2) is 7.04. The number of aromatic amines is 1. The molecular formula is C17H22N2O8. The number of Topliss-reactive ketones (excluding diaryl/α,β-unsaturated/α-hetero) is 1. The zero-order valence-corrected chi connectivity index (χ0v) is 15.3. The van der Waals surface area contributed by atoms with E-state index in [1.165, 1.54) is 0 Å². The summed E-state index contributed by atoms with van der Waals surface area (Å²) < 4.78 is 23.3. The summed E-state index contributed by atoms with van der Waals surface area (Å²) in [6.45, 7) is 8.42. The van der Waals surface area contributed by atoms with Crippen LogP contribution in [0, 0.1) is 0 Å². The van der Waals surface area contributed by atoms with Gasteiger partial charge < -0.3 is 24.1 Å². The number of carbonyl (C=O) groups excluding carboxylic acids is 1. The molecule has 0 bridgehead atoms. The van der Waals surface area contributed by atoms with Crippen molar-refractivity contribution in [3.05, 3.63) is 44.9 Å². The average Bonchev–Trinajstić information content (AvgIpc) is 3.07. The minimum atomic E-state index is -0.995. The van der Waals surface area contributed by atoms with E-state index in [1.807, 2.05) is 0 Å². The lowest BCUT2D eigenvalue weighted by Gasteiger charge is -2.24. The van der Waals surface area contributed by atoms with Crippen LogP contribution in [0.3, 0.4) is 0 Å². The number of aliphatic hydroxyl groups is 1. The van der Waals surface area contributed by atoms with Crippen LogP contribution < -0.4 is 11.2 Å². The summed E-state index contributed by atoms with van der Waals surface area (Å²) in [5.74, 6) is -1.89. The van der Waals surface area contributed by atoms with Crippen molar-refractivity contribution in [1.82, 2.24) is 9.55 Å². The molecule has 0 spiro atoms. The van der Waals surface area contributed by atoms with Crippen molar-refractivity contribution in [3.8, 4) is 0 Å². The van der Waals surface area contributed by atoms with Crippen LogP contribution in [0.1, 0.15) is 37.4 Å². The summed E-state index contributed by atoms with van der Waals surface area (Å²) in [5, 5.41) is 9.55. The molecule has 4 atom stereocenters. The van der Waals surface area contributed by atoms with Gasteiger partial charge in [0.15, 0.2) is 17.8 Å². The monoisotopic (exact) mass is 382 g/mol. The molecule has 27 heavy (non-hydrogen) atoms. The summed E-state index contributed by atoms with van der Waals surface area (Å²) in [6.07, 6.45) is -1.95. The fourth-order valence-corrected chi connectivity index (χ4v) is 3.26. The van der Waals surface area contributed by atoms with Crippen molar-refractivity contribution in [2.45, 2.75) is 51.1 Å². The molecule has 0 unspecified atom stereocenters. The van der Waals surface area contributed by atoms with Crippen LogP contribution in [0.4, 0.5) is 0 Å². The summed E-state index contributed by atoms with van der Waals surface area (Å²) in [6, 6.07) is 0. The zero-order chi connectivity index (χ0) is 19.9. The van der Waals surface area contributed by atoms with Gasteiger partial charge in [-0.1, -0.05) is 6.58 Å². The molecule has 0 aromatic carbocycles. The fraction of sp³-hybridized carbons (Fsp3) is 0.588. The van der Waals surface area contributed by atoms with E-state index in [2.05, 4.69) is 11.6 Å². The van der Waals surface area contributed by atoms with Gasteiger partial charge in [-0.25, -0.2) is 4.79 Å². The van der Waals surface area contributed by atoms with Gasteiger partial charge in [0.05, 0.1) is 13.2 Å². The van der Waals surface area contributed by atoms with Gasteiger partial charge in [-0.05, 0) is 20.8 Å². The quantitative estimate of drug-likeness (QED) is 0.389. The van der Waals surface area contributed by atoms with Crippen molar-refractivity contribution in [1.29, 1.82) is 0 Å². The van der Waals surface area contributed by atoms with E-state index in [9.17, 15) is 19.5 Å². The number of nitrogens with zero attached hydrogens (tertiary/aromatic N) is 1. The fourth-order valence-electron chi connectivity index (χ4n) is 3.26. The second-order valence-electron chi connectivity index (χ2n) is 6.71. The third kappa shape index (κ3) is 3.48. The number of rotatable bonds is 6. The first-order valence-corrected chi connectivity index (χ1v) is 8.52. The number of allylic oxidation sites excluding steroid dienone is 1. The molecule has 2 saturated heterocycles. The first-order valence-electron chi connectivity index (χ1n) is 8.52. The topological polar surface area (TPSA) is 129 Å². The Bertz CT molecular complexity index is 870. The Morgan fingerprint density at radius 1 is 1.37 bits per heavy atom. The third-order valence-corrected chi connectivity index (χ3v) is 4.36. The normalized spacial score (nSPS) is 28.7. The molecule has 148 valence electrons. The Morgan fingerprint density at radius 2 is 2.04 bits per heavy atom. The molecule has 2 fully saturated rings. The number of aromatic nitrogens is 2. The van der Waals surface area contributed by atoms with Gasteiger partial charge in [0.25, 0.3) is 5.56 Å². The lowest BCUT2D eigenvalue weighted by atomic mass is 10.1. The predicted molar refractivity (Wildman–Crippen MR) is 91.2 cm³/mol. The summed E-state index contributed by atoms with van der Waals surface area (Å²) in [5.41, 5.74) is -1.97. The van der Waals surface area contributed by atoms with Gasteiger partial charge in [0.1, 0.15) is 23.9 Å². The highest BCUT2D eigenvalue weighted by Crippen LogP contribution is 2.42. The predicted octanol–water partition coefficient (Wildman–Crippen LogP) is -0.321. The number of hydrogen-bond acceptors (Lipinski definition) is 8. The first-order chi connectivity index (χ1) is 12.7. The van der Waals surface area contributed by atoms with Crippen molar-refractivity contribution >= 4 is 5.78 Å². The Kier molecular flexibility index (Phi) is 5.08. The molecule has 0 amide bonds. The molecule has 2 N–H and O–H groups in total. The number of nitrogens with one attached hydrogen (secondary N) is 1. The van der Waals surface area contributed by atoms with E-state index in [0.717, 1.165) is 10.8 Å². The lowest BCUT2D eigenvalue weighted by molar-refractivity contribution is -0.200. The van der Waals surface area contributed by atoms with E-state index < -0.39 is 47.4 Å². The second-order valence-corrected chi connectivity index (χ2v) is 6.71. The summed E-state index contributed by atoms with van der Waals surface area (Å²) in [4.78, 5) is 38.9. The third-order valence-electron chi connectivity index (χ3n) is 4.36. The minimum absolute atomic E-state index is 0.204. The number of fused-ring (bicyclic) bond motifs is 1. The number of carbonyl (C=O) groups is 1. The lowest BCUT2D eigenvalue weighted by Crippen LogP contribution is -2.39. The Morgan fingerprint density at radius 3 is 2.67 bits per heavy atom.